The Morgan fingerprint density at radius 1 is 1.50 bits per heavy atom. The van der Waals surface area contributed by atoms with Gasteiger partial charge >= 0.3 is 0 Å². The summed E-state index contributed by atoms with van der Waals surface area (Å²) in [5.74, 6) is 0.653. The molecule has 1 rings (SSSR count). The SMILES string of the molecule is CC(C)(Cc1ncc(Br)cn1)OC=O. The van der Waals surface area contributed by atoms with Crippen molar-refractivity contribution in [1.29, 1.82) is 0 Å². The van der Waals surface area contributed by atoms with Gasteiger partial charge in [0.25, 0.3) is 6.47 Å². The zero-order chi connectivity index (χ0) is 10.6. The van der Waals surface area contributed by atoms with Crippen molar-refractivity contribution in [2.75, 3.05) is 0 Å². The van der Waals surface area contributed by atoms with Gasteiger partial charge in [0.2, 0.25) is 0 Å². The van der Waals surface area contributed by atoms with Gasteiger partial charge in [-0.25, -0.2) is 9.97 Å². The van der Waals surface area contributed by atoms with E-state index in [0.29, 0.717) is 18.7 Å². The lowest BCUT2D eigenvalue weighted by Crippen LogP contribution is -2.27. The van der Waals surface area contributed by atoms with Crippen LogP contribution in [0.2, 0.25) is 0 Å². The highest BCUT2D eigenvalue weighted by Crippen LogP contribution is 2.14. The molecule has 0 fully saturated rings. The Kier molecular flexibility index (Phi) is 3.57. The minimum absolute atomic E-state index is 0.443. The third-order valence-corrected chi connectivity index (χ3v) is 2.03. The van der Waals surface area contributed by atoms with E-state index in [1.165, 1.54) is 0 Å². The first kappa shape index (κ1) is 11.1. The van der Waals surface area contributed by atoms with Crippen molar-refractivity contribution in [1.82, 2.24) is 9.97 Å². The van der Waals surface area contributed by atoms with E-state index in [1.54, 1.807) is 12.4 Å². The second-order valence-corrected chi connectivity index (χ2v) is 4.38. The molecule has 0 unspecified atom stereocenters. The molecule has 0 aliphatic heterocycles. The van der Waals surface area contributed by atoms with Gasteiger partial charge in [-0.1, -0.05) is 0 Å². The lowest BCUT2D eigenvalue weighted by molar-refractivity contribution is -0.140. The molecule has 0 aromatic carbocycles. The predicted octanol–water partition coefficient (Wildman–Crippen LogP) is 1.73. The molecule has 76 valence electrons. The fraction of sp³-hybridized carbons (Fsp3) is 0.444. The van der Waals surface area contributed by atoms with Gasteiger partial charge < -0.3 is 4.74 Å². The monoisotopic (exact) mass is 258 g/mol. The van der Waals surface area contributed by atoms with Crippen LogP contribution in [0.3, 0.4) is 0 Å². The minimum Gasteiger partial charge on any atom is -0.461 e. The van der Waals surface area contributed by atoms with Crippen LogP contribution >= 0.6 is 15.9 Å². The smallest absolute Gasteiger partial charge is 0.293 e. The summed E-state index contributed by atoms with van der Waals surface area (Å²) in [5, 5.41) is 0. The van der Waals surface area contributed by atoms with Crippen molar-refractivity contribution in [2.45, 2.75) is 25.9 Å². The molecule has 0 aliphatic rings. The highest BCUT2D eigenvalue weighted by atomic mass is 79.9. The Morgan fingerprint density at radius 3 is 2.57 bits per heavy atom. The maximum atomic E-state index is 10.2. The highest BCUT2D eigenvalue weighted by Gasteiger charge is 2.20. The lowest BCUT2D eigenvalue weighted by Gasteiger charge is -2.21. The van der Waals surface area contributed by atoms with Crippen LogP contribution in [0.4, 0.5) is 0 Å². The molecule has 0 saturated carbocycles. The van der Waals surface area contributed by atoms with E-state index in [1.807, 2.05) is 13.8 Å². The molecular weight excluding hydrogens is 248 g/mol. The number of aromatic nitrogens is 2. The Hall–Kier alpha value is -0.970. The van der Waals surface area contributed by atoms with Crippen LogP contribution in [0.15, 0.2) is 16.9 Å². The third kappa shape index (κ3) is 3.41. The summed E-state index contributed by atoms with van der Waals surface area (Å²) in [6.07, 6.45) is 3.83. The van der Waals surface area contributed by atoms with Gasteiger partial charge in [-0.3, -0.25) is 4.79 Å². The molecule has 1 heterocycles. The molecule has 0 bridgehead atoms. The Labute approximate surface area is 90.8 Å². The first-order chi connectivity index (χ1) is 6.53. The topological polar surface area (TPSA) is 52.1 Å². The fourth-order valence-corrected chi connectivity index (χ4v) is 1.19. The van der Waals surface area contributed by atoms with Crippen molar-refractivity contribution in [3.63, 3.8) is 0 Å². The molecule has 1 aromatic heterocycles. The standard InChI is InChI=1S/C9H11BrN2O2/c1-9(2,14-6-13)3-8-11-4-7(10)5-12-8/h4-6H,3H2,1-2H3. The summed E-state index contributed by atoms with van der Waals surface area (Å²) in [7, 11) is 0. The Bertz CT molecular complexity index is 311. The fourth-order valence-electron chi connectivity index (χ4n) is 0.983. The summed E-state index contributed by atoms with van der Waals surface area (Å²) in [4.78, 5) is 18.4. The zero-order valence-electron chi connectivity index (χ0n) is 8.03. The van der Waals surface area contributed by atoms with Crippen molar-refractivity contribution in [2.24, 2.45) is 0 Å². The molecule has 0 saturated heterocycles. The molecule has 0 radical (unpaired) electrons. The number of hydrogen-bond donors (Lipinski definition) is 0. The minimum atomic E-state index is -0.560. The van der Waals surface area contributed by atoms with Crippen LogP contribution in [0, 0.1) is 0 Å². The van der Waals surface area contributed by atoms with Gasteiger partial charge in [-0.2, -0.15) is 0 Å². The second kappa shape index (κ2) is 4.50. The number of nitrogens with zero attached hydrogens (tertiary/aromatic N) is 2. The maximum Gasteiger partial charge on any atom is 0.293 e. The zero-order valence-corrected chi connectivity index (χ0v) is 9.61. The molecule has 0 aliphatic carbocycles. The first-order valence-electron chi connectivity index (χ1n) is 4.11. The number of hydrogen-bond acceptors (Lipinski definition) is 4. The van der Waals surface area contributed by atoms with Crippen LogP contribution in [-0.4, -0.2) is 22.0 Å². The van der Waals surface area contributed by atoms with Crippen molar-refractivity contribution in [3.05, 3.63) is 22.7 Å². The van der Waals surface area contributed by atoms with Gasteiger partial charge in [0, 0.05) is 18.8 Å². The number of halogens is 1. The molecule has 0 spiro atoms. The van der Waals surface area contributed by atoms with Gasteiger partial charge in [0.1, 0.15) is 11.4 Å². The maximum absolute atomic E-state index is 10.2. The summed E-state index contributed by atoms with van der Waals surface area (Å²) >= 11 is 3.24. The molecular formula is C9H11BrN2O2. The van der Waals surface area contributed by atoms with Crippen LogP contribution in [0.25, 0.3) is 0 Å². The van der Waals surface area contributed by atoms with Gasteiger partial charge in [-0.15, -0.1) is 0 Å². The van der Waals surface area contributed by atoms with Crippen molar-refractivity contribution >= 4 is 22.4 Å². The molecule has 1 aromatic rings. The number of carbonyl (C=O) groups is 1. The normalized spacial score (nSPS) is 11.1. The molecule has 4 nitrogen and oxygen atoms in total. The first-order valence-corrected chi connectivity index (χ1v) is 4.91. The quantitative estimate of drug-likeness (QED) is 0.773. The van der Waals surface area contributed by atoms with Crippen LogP contribution in [-0.2, 0) is 16.0 Å². The Balaban J connectivity index is 2.68. The second-order valence-electron chi connectivity index (χ2n) is 3.47. The van der Waals surface area contributed by atoms with Crippen LogP contribution < -0.4 is 0 Å². The van der Waals surface area contributed by atoms with E-state index in [4.69, 9.17) is 4.74 Å². The van der Waals surface area contributed by atoms with Gasteiger partial charge in [0.15, 0.2) is 0 Å². The van der Waals surface area contributed by atoms with Gasteiger partial charge in [-0.05, 0) is 29.8 Å². The third-order valence-electron chi connectivity index (χ3n) is 1.62. The molecule has 5 heteroatoms. The largest absolute Gasteiger partial charge is 0.461 e. The molecule has 14 heavy (non-hydrogen) atoms. The van der Waals surface area contributed by atoms with E-state index in [0.717, 1.165) is 4.47 Å². The average molecular weight is 259 g/mol. The number of rotatable bonds is 4. The van der Waals surface area contributed by atoms with Crippen LogP contribution in [0.1, 0.15) is 19.7 Å². The predicted molar refractivity (Wildman–Crippen MR) is 54.7 cm³/mol. The average Bonchev–Trinajstić information content (AvgIpc) is 2.08. The summed E-state index contributed by atoms with van der Waals surface area (Å²) in [6, 6.07) is 0. The van der Waals surface area contributed by atoms with Crippen molar-refractivity contribution < 1.29 is 9.53 Å². The van der Waals surface area contributed by atoms with Gasteiger partial charge in [0.05, 0.1) is 4.47 Å². The van der Waals surface area contributed by atoms with E-state index in [-0.39, 0.29) is 0 Å². The summed E-state index contributed by atoms with van der Waals surface area (Å²) < 4.78 is 5.72. The van der Waals surface area contributed by atoms with E-state index >= 15 is 0 Å². The van der Waals surface area contributed by atoms with E-state index in [2.05, 4.69) is 25.9 Å². The summed E-state index contributed by atoms with van der Waals surface area (Å²) in [5.41, 5.74) is -0.560. The highest BCUT2D eigenvalue weighted by molar-refractivity contribution is 9.10. The number of carbonyl (C=O) groups excluding carboxylic acids is 1. The van der Waals surface area contributed by atoms with Crippen molar-refractivity contribution in [3.8, 4) is 0 Å². The number of ether oxygens (including phenoxy) is 1. The molecule has 0 N–H and O–H groups in total. The summed E-state index contributed by atoms with van der Waals surface area (Å²) in [6.45, 7) is 4.07. The van der Waals surface area contributed by atoms with Crippen LogP contribution in [0.5, 0.6) is 0 Å². The van der Waals surface area contributed by atoms with E-state index < -0.39 is 5.60 Å². The Morgan fingerprint density at radius 2 is 2.07 bits per heavy atom. The van der Waals surface area contributed by atoms with E-state index in [9.17, 15) is 4.79 Å². The molecule has 0 amide bonds. The lowest BCUT2D eigenvalue weighted by atomic mass is 10.1. The molecule has 0 atom stereocenters.